The van der Waals surface area contributed by atoms with E-state index in [1.54, 1.807) is 0 Å². The molecule has 0 saturated carbocycles. The Morgan fingerprint density at radius 3 is 1.57 bits per heavy atom. The molecule has 2 rings (SSSR count). The van der Waals surface area contributed by atoms with E-state index in [9.17, 15) is 0 Å². The van der Waals surface area contributed by atoms with Crippen LogP contribution in [-0.4, -0.2) is 23.3 Å². The molecule has 0 fully saturated rings. The fourth-order valence-corrected chi connectivity index (χ4v) is 4.04. The third-order valence-corrected chi connectivity index (χ3v) is 5.51. The maximum absolute atomic E-state index is 6.00. The first kappa shape index (κ1) is 37.2. The van der Waals surface area contributed by atoms with Gasteiger partial charge >= 0.3 is 32.7 Å². The van der Waals surface area contributed by atoms with Crippen molar-refractivity contribution in [3.63, 3.8) is 0 Å². The molecular formula is C31H55OSi2Y. The Morgan fingerprint density at radius 2 is 1.29 bits per heavy atom. The molecule has 0 amide bonds. The summed E-state index contributed by atoms with van der Waals surface area (Å²) in [6.45, 7) is 36.8. The Morgan fingerprint density at radius 1 is 0.886 bits per heavy atom. The van der Waals surface area contributed by atoms with Crippen LogP contribution in [0.5, 0.6) is 5.75 Å². The van der Waals surface area contributed by atoms with Gasteiger partial charge in [0.2, 0.25) is 0 Å². The van der Waals surface area contributed by atoms with E-state index >= 15 is 0 Å². The molecule has 0 radical (unpaired) electrons. The topological polar surface area (TPSA) is 9.23 Å². The molecule has 1 aliphatic rings. The van der Waals surface area contributed by atoms with Gasteiger partial charge in [-0.1, -0.05) is 105 Å². The summed E-state index contributed by atoms with van der Waals surface area (Å²) >= 11 is 0. The molecule has 1 nitrogen and oxygen atoms in total. The Balaban J connectivity index is 0. The number of rotatable bonds is 5. The number of allylic oxidation sites excluding steroid dienone is 4. The van der Waals surface area contributed by atoms with Gasteiger partial charge < -0.3 is 17.8 Å². The van der Waals surface area contributed by atoms with Crippen LogP contribution in [0.4, 0.5) is 0 Å². The van der Waals surface area contributed by atoms with Crippen molar-refractivity contribution in [2.45, 2.75) is 118 Å². The summed E-state index contributed by atoms with van der Waals surface area (Å²) in [5.74, 6) is 1.07. The van der Waals surface area contributed by atoms with E-state index in [1.165, 1.54) is 27.8 Å². The second-order valence-electron chi connectivity index (χ2n) is 13.2. The van der Waals surface area contributed by atoms with Crippen molar-refractivity contribution < 1.29 is 37.4 Å². The molecule has 196 valence electrons. The molecule has 0 spiro atoms. The molecule has 0 heterocycles. The summed E-state index contributed by atoms with van der Waals surface area (Å²) < 4.78 is 6.00. The SMILES string of the molecule is CCC(CC)(C1=[C-]C(C)=CC1)c1cc(C)cc(C(C)(C)C)c1OC.[CH2-][Si](C)(C)C.[CH2-][Si](C)(C)C.[Y+3]. The van der Waals surface area contributed by atoms with Crippen LogP contribution in [0.15, 0.2) is 29.4 Å². The van der Waals surface area contributed by atoms with Gasteiger partial charge in [0.15, 0.2) is 0 Å². The minimum Gasteiger partial charge on any atom is -0.496 e. The van der Waals surface area contributed by atoms with Gasteiger partial charge in [0.1, 0.15) is 5.75 Å². The fraction of sp³-hybridized carbons (Fsp3) is 0.613. The summed E-state index contributed by atoms with van der Waals surface area (Å²) in [5.41, 5.74) is 6.69. The largest absolute Gasteiger partial charge is 3.00 e. The number of methoxy groups -OCH3 is 1. The normalized spacial score (nSPS) is 13.9. The van der Waals surface area contributed by atoms with Crippen LogP contribution in [0.1, 0.15) is 77.5 Å². The van der Waals surface area contributed by atoms with Crippen molar-refractivity contribution in [2.24, 2.45) is 0 Å². The molecule has 1 aromatic rings. The van der Waals surface area contributed by atoms with Crippen molar-refractivity contribution in [1.29, 1.82) is 0 Å². The third-order valence-electron chi connectivity index (χ3n) is 5.51. The van der Waals surface area contributed by atoms with E-state index in [4.69, 9.17) is 4.74 Å². The number of aryl methyl sites for hydroxylation is 1. The van der Waals surface area contributed by atoms with Crippen LogP contribution in [0.3, 0.4) is 0 Å². The van der Waals surface area contributed by atoms with Gasteiger partial charge in [-0.25, -0.2) is 17.7 Å². The standard InChI is InChI=1S/C23H33O.2C4H11Si.Y/c1-9-23(10-2,18-12-11-16(3)13-18)20-15-17(4)14-19(21(20)24-8)22(5,6)7;2*1-5(2,3)4;/h11,14-15H,9-10,12H2,1-8H3;2*1H2,2-4H3;/q3*-1;+3. The average Bonchev–Trinajstić information content (AvgIpc) is 3.06. The van der Waals surface area contributed by atoms with Crippen LogP contribution < -0.4 is 4.74 Å². The zero-order valence-electron chi connectivity index (χ0n) is 25.8. The van der Waals surface area contributed by atoms with Crippen LogP contribution >= 0.6 is 0 Å². The molecule has 4 heteroatoms. The minimum absolute atomic E-state index is 0. The Kier molecular flexibility index (Phi) is 15.8. The zero-order chi connectivity index (χ0) is 27.1. The third kappa shape index (κ3) is 13.4. The van der Waals surface area contributed by atoms with Crippen molar-refractivity contribution in [1.82, 2.24) is 0 Å². The fourth-order valence-electron chi connectivity index (χ4n) is 4.04. The molecule has 0 aliphatic heterocycles. The molecule has 1 aliphatic carbocycles. The number of hydrogen-bond acceptors (Lipinski definition) is 1. The summed E-state index contributed by atoms with van der Waals surface area (Å²) in [7, 11) is 0.0930. The van der Waals surface area contributed by atoms with E-state index in [-0.39, 0.29) is 43.5 Å². The number of benzene rings is 1. The van der Waals surface area contributed by atoms with Gasteiger partial charge in [-0.15, -0.1) is 16.1 Å². The van der Waals surface area contributed by atoms with Crippen LogP contribution in [0.25, 0.3) is 0 Å². The van der Waals surface area contributed by atoms with Crippen molar-refractivity contribution in [3.05, 3.63) is 65.2 Å². The molecule has 0 bridgehead atoms. The minimum atomic E-state index is -0.861. The van der Waals surface area contributed by atoms with E-state index < -0.39 is 16.1 Å². The molecule has 35 heavy (non-hydrogen) atoms. The molecule has 0 unspecified atom stereocenters. The van der Waals surface area contributed by atoms with Gasteiger partial charge in [-0.05, 0) is 25.2 Å². The van der Waals surface area contributed by atoms with Crippen LogP contribution in [-0.2, 0) is 43.5 Å². The maximum atomic E-state index is 6.00. The average molecular weight is 589 g/mol. The van der Waals surface area contributed by atoms with E-state index in [0.717, 1.165) is 25.0 Å². The van der Waals surface area contributed by atoms with E-state index in [2.05, 4.69) is 125 Å². The summed E-state index contributed by atoms with van der Waals surface area (Å²) in [6, 6.07) is 4.62. The molecule has 0 atom stereocenters. The first-order chi connectivity index (χ1) is 15.2. The predicted molar refractivity (Wildman–Crippen MR) is 161 cm³/mol. The van der Waals surface area contributed by atoms with Gasteiger partial charge in [-0.3, -0.25) is 0 Å². The van der Waals surface area contributed by atoms with Crippen LogP contribution in [0.2, 0.25) is 39.3 Å². The molecule has 0 aromatic heterocycles. The molecule has 0 N–H and O–H groups in total. The van der Waals surface area contributed by atoms with Crippen molar-refractivity contribution in [2.75, 3.05) is 7.11 Å². The van der Waals surface area contributed by atoms with Gasteiger partial charge in [0.25, 0.3) is 0 Å². The molecule has 0 saturated heterocycles. The molecule has 1 aromatic carbocycles. The van der Waals surface area contributed by atoms with E-state index in [0.29, 0.717) is 0 Å². The first-order valence-electron chi connectivity index (χ1n) is 12.9. The van der Waals surface area contributed by atoms with Gasteiger partial charge in [0.05, 0.1) is 7.11 Å². The van der Waals surface area contributed by atoms with Gasteiger partial charge in [-0.2, -0.15) is 5.57 Å². The number of hydrogen-bond donors (Lipinski definition) is 0. The Hall–Kier alpha value is 0.0377. The van der Waals surface area contributed by atoms with Gasteiger partial charge in [0, 0.05) is 16.5 Å². The first-order valence-corrected chi connectivity index (χ1v) is 20.3. The Bertz CT molecular complexity index is 818. The number of ether oxygens (including phenoxy) is 1. The predicted octanol–water partition coefficient (Wildman–Crippen LogP) is 9.83. The summed E-state index contributed by atoms with van der Waals surface area (Å²) in [5, 5.41) is 0. The Labute approximate surface area is 247 Å². The maximum Gasteiger partial charge on any atom is 3.00 e. The van der Waals surface area contributed by atoms with Crippen molar-refractivity contribution in [3.8, 4) is 5.75 Å². The monoisotopic (exact) mass is 588 g/mol. The van der Waals surface area contributed by atoms with Crippen LogP contribution in [0, 0.1) is 26.1 Å². The van der Waals surface area contributed by atoms with E-state index in [1.807, 2.05) is 7.11 Å². The zero-order valence-corrected chi connectivity index (χ0v) is 30.6. The second kappa shape index (κ2) is 14.8. The summed E-state index contributed by atoms with van der Waals surface area (Å²) in [4.78, 5) is 0. The second-order valence-corrected chi connectivity index (χ2v) is 23.5. The molecular weight excluding hydrogens is 533 g/mol. The quantitative estimate of drug-likeness (QED) is 0.246. The smallest absolute Gasteiger partial charge is 0.496 e. The van der Waals surface area contributed by atoms with Crippen molar-refractivity contribution >= 4 is 16.1 Å². The summed E-state index contributed by atoms with van der Waals surface area (Å²) in [6.07, 6.45) is 9.08.